The zero-order valence-electron chi connectivity index (χ0n) is 15.1. The summed E-state index contributed by atoms with van der Waals surface area (Å²) < 4.78 is 37.4. The average Bonchev–Trinajstić information content (AvgIpc) is 2.61. The topological polar surface area (TPSA) is 102 Å². The summed E-state index contributed by atoms with van der Waals surface area (Å²) in [5, 5.41) is 2.58. The lowest BCUT2D eigenvalue weighted by atomic mass is 10.0. The molecule has 1 amide bonds. The van der Waals surface area contributed by atoms with Crippen molar-refractivity contribution in [3.8, 4) is 5.75 Å². The number of sulfonamides is 1. The van der Waals surface area contributed by atoms with Gasteiger partial charge in [-0.15, -0.1) is 0 Å². The normalized spacial score (nSPS) is 18.2. The molecule has 1 aliphatic heterocycles. The largest absolute Gasteiger partial charge is 0.495 e. The Balaban J connectivity index is 2.26. The maximum absolute atomic E-state index is 12.9. The van der Waals surface area contributed by atoms with Crippen LogP contribution in [-0.4, -0.2) is 51.4 Å². The van der Waals surface area contributed by atoms with Gasteiger partial charge in [0.1, 0.15) is 5.75 Å². The van der Waals surface area contributed by atoms with E-state index in [0.717, 1.165) is 0 Å². The molecule has 0 radical (unpaired) electrons. The number of benzene rings is 1. The molecule has 0 aliphatic carbocycles. The Morgan fingerprint density at radius 2 is 2.08 bits per heavy atom. The van der Waals surface area contributed by atoms with Crippen molar-refractivity contribution >= 4 is 27.6 Å². The number of esters is 1. The minimum absolute atomic E-state index is 0.0490. The molecule has 1 aromatic rings. The van der Waals surface area contributed by atoms with Crippen LogP contribution in [0.2, 0.25) is 0 Å². The summed E-state index contributed by atoms with van der Waals surface area (Å²) in [4.78, 5) is 23.2. The van der Waals surface area contributed by atoms with E-state index < -0.39 is 15.9 Å². The molecule has 8 nitrogen and oxygen atoms in total. The lowest BCUT2D eigenvalue weighted by Gasteiger charge is -2.30. The first-order valence-corrected chi connectivity index (χ1v) is 9.86. The van der Waals surface area contributed by atoms with Crippen molar-refractivity contribution in [2.45, 2.75) is 31.6 Å². The van der Waals surface area contributed by atoms with Gasteiger partial charge in [-0.1, -0.05) is 0 Å². The van der Waals surface area contributed by atoms with Gasteiger partial charge >= 0.3 is 5.97 Å². The lowest BCUT2D eigenvalue weighted by molar-refractivity contribution is -0.149. The SMILES string of the molecule is CCOC(=O)[C@@H]1CCCN(S(=O)(=O)c2ccc(NC(C)=O)c(OC)c2)C1. The van der Waals surface area contributed by atoms with Crippen LogP contribution in [0.3, 0.4) is 0 Å². The molecule has 1 fully saturated rings. The Morgan fingerprint density at radius 3 is 2.69 bits per heavy atom. The number of methoxy groups -OCH3 is 1. The van der Waals surface area contributed by atoms with Crippen LogP contribution in [0, 0.1) is 5.92 Å². The van der Waals surface area contributed by atoms with Gasteiger partial charge in [0.15, 0.2) is 0 Å². The average molecular weight is 384 g/mol. The molecule has 1 aromatic carbocycles. The highest BCUT2D eigenvalue weighted by Crippen LogP contribution is 2.31. The van der Waals surface area contributed by atoms with Crippen LogP contribution in [0.25, 0.3) is 0 Å². The Morgan fingerprint density at radius 1 is 1.35 bits per heavy atom. The summed E-state index contributed by atoms with van der Waals surface area (Å²) in [5.41, 5.74) is 0.391. The summed E-state index contributed by atoms with van der Waals surface area (Å²) in [6, 6.07) is 4.27. The van der Waals surface area contributed by atoms with Crippen LogP contribution in [0.5, 0.6) is 5.75 Å². The minimum atomic E-state index is -3.79. The third-order valence-corrected chi connectivity index (χ3v) is 5.99. The molecular weight excluding hydrogens is 360 g/mol. The number of nitrogens with zero attached hydrogens (tertiary/aromatic N) is 1. The molecule has 144 valence electrons. The molecule has 0 bridgehead atoms. The second-order valence-corrected chi connectivity index (χ2v) is 7.94. The van der Waals surface area contributed by atoms with Crippen molar-refractivity contribution in [3.05, 3.63) is 18.2 Å². The molecule has 1 heterocycles. The van der Waals surface area contributed by atoms with Crippen molar-refractivity contribution in [2.75, 3.05) is 32.1 Å². The van der Waals surface area contributed by atoms with E-state index in [0.29, 0.717) is 25.1 Å². The van der Waals surface area contributed by atoms with E-state index >= 15 is 0 Å². The molecule has 1 N–H and O–H groups in total. The zero-order chi connectivity index (χ0) is 19.3. The fraction of sp³-hybridized carbons (Fsp3) is 0.529. The molecule has 0 unspecified atom stereocenters. The lowest BCUT2D eigenvalue weighted by Crippen LogP contribution is -2.42. The maximum atomic E-state index is 12.9. The standard InChI is InChI=1S/C17H24N2O6S/c1-4-25-17(21)13-6-5-9-19(11-13)26(22,23)14-7-8-15(18-12(2)20)16(10-14)24-3/h7-8,10,13H,4-6,9,11H2,1-3H3,(H,18,20)/t13-/m1/s1. The molecule has 2 rings (SSSR count). The molecule has 1 atom stereocenters. The van der Waals surface area contributed by atoms with E-state index in [-0.39, 0.29) is 35.7 Å². The molecule has 0 saturated carbocycles. The fourth-order valence-corrected chi connectivity index (χ4v) is 4.43. The van der Waals surface area contributed by atoms with Crippen molar-refractivity contribution in [1.82, 2.24) is 4.31 Å². The number of piperidine rings is 1. The first-order chi connectivity index (χ1) is 12.3. The van der Waals surface area contributed by atoms with E-state index in [1.54, 1.807) is 6.92 Å². The first kappa shape index (κ1) is 20.2. The highest BCUT2D eigenvalue weighted by atomic mass is 32.2. The van der Waals surface area contributed by atoms with Crippen LogP contribution in [0.15, 0.2) is 23.1 Å². The van der Waals surface area contributed by atoms with E-state index in [1.807, 2.05) is 0 Å². The molecule has 9 heteroatoms. The Labute approximate surface area is 153 Å². The summed E-state index contributed by atoms with van der Waals surface area (Å²) in [7, 11) is -2.39. The molecule has 0 aromatic heterocycles. The van der Waals surface area contributed by atoms with E-state index in [2.05, 4.69) is 5.32 Å². The van der Waals surface area contributed by atoms with Crippen molar-refractivity contribution in [3.63, 3.8) is 0 Å². The van der Waals surface area contributed by atoms with E-state index in [9.17, 15) is 18.0 Å². The summed E-state index contributed by atoms with van der Waals surface area (Å²) in [5.74, 6) is -0.863. The second kappa shape index (κ2) is 8.50. The molecule has 1 aliphatic rings. The predicted octanol–water partition coefficient (Wildman–Crippen LogP) is 1.62. The van der Waals surface area contributed by atoms with Gasteiger partial charge in [0.2, 0.25) is 15.9 Å². The minimum Gasteiger partial charge on any atom is -0.495 e. The highest BCUT2D eigenvalue weighted by molar-refractivity contribution is 7.89. The smallest absolute Gasteiger partial charge is 0.310 e. The van der Waals surface area contributed by atoms with Crippen molar-refractivity contribution < 1.29 is 27.5 Å². The van der Waals surface area contributed by atoms with Gasteiger partial charge in [-0.25, -0.2) is 8.42 Å². The van der Waals surface area contributed by atoms with Crippen molar-refractivity contribution in [2.24, 2.45) is 5.92 Å². The molecule has 1 saturated heterocycles. The number of carbonyl (C=O) groups excluding carboxylic acids is 2. The number of rotatable bonds is 6. The highest BCUT2D eigenvalue weighted by Gasteiger charge is 2.34. The number of amides is 1. The fourth-order valence-electron chi connectivity index (χ4n) is 2.89. The third-order valence-electron chi connectivity index (χ3n) is 4.13. The van der Waals surface area contributed by atoms with Gasteiger partial charge in [-0.3, -0.25) is 9.59 Å². The maximum Gasteiger partial charge on any atom is 0.310 e. The molecule has 0 spiro atoms. The summed E-state index contributed by atoms with van der Waals surface area (Å²) in [6.45, 7) is 3.78. The van der Waals surface area contributed by atoms with Gasteiger partial charge < -0.3 is 14.8 Å². The number of anilines is 1. The third kappa shape index (κ3) is 4.53. The number of ether oxygens (including phenoxy) is 2. The molecule has 26 heavy (non-hydrogen) atoms. The van der Waals surface area contributed by atoms with Crippen molar-refractivity contribution in [1.29, 1.82) is 0 Å². The Kier molecular flexibility index (Phi) is 6.60. The Bertz CT molecular complexity index is 777. The second-order valence-electron chi connectivity index (χ2n) is 6.00. The first-order valence-electron chi connectivity index (χ1n) is 8.42. The quantitative estimate of drug-likeness (QED) is 0.748. The zero-order valence-corrected chi connectivity index (χ0v) is 16.0. The molecular formula is C17H24N2O6S. The van der Waals surface area contributed by atoms with Crippen LogP contribution in [0.1, 0.15) is 26.7 Å². The van der Waals surface area contributed by atoms with Gasteiger partial charge in [0, 0.05) is 26.1 Å². The van der Waals surface area contributed by atoms with Gasteiger partial charge in [0.25, 0.3) is 0 Å². The van der Waals surface area contributed by atoms with Crippen LogP contribution in [0.4, 0.5) is 5.69 Å². The summed E-state index contributed by atoms with van der Waals surface area (Å²) in [6.07, 6.45) is 1.19. The predicted molar refractivity (Wildman–Crippen MR) is 95.4 cm³/mol. The van der Waals surface area contributed by atoms with Gasteiger partial charge in [0.05, 0.1) is 30.2 Å². The van der Waals surface area contributed by atoms with Crippen LogP contribution < -0.4 is 10.1 Å². The van der Waals surface area contributed by atoms with Crippen LogP contribution >= 0.6 is 0 Å². The number of hydrogen-bond acceptors (Lipinski definition) is 6. The number of hydrogen-bond donors (Lipinski definition) is 1. The van der Waals surface area contributed by atoms with Gasteiger partial charge in [-0.05, 0) is 31.9 Å². The van der Waals surface area contributed by atoms with E-state index in [1.165, 1.54) is 36.5 Å². The van der Waals surface area contributed by atoms with E-state index in [4.69, 9.17) is 9.47 Å². The van der Waals surface area contributed by atoms with Gasteiger partial charge in [-0.2, -0.15) is 4.31 Å². The monoisotopic (exact) mass is 384 g/mol. The number of nitrogens with one attached hydrogen (secondary N) is 1. The number of carbonyl (C=O) groups is 2. The summed E-state index contributed by atoms with van der Waals surface area (Å²) >= 11 is 0. The Hall–Kier alpha value is -2.13. The van der Waals surface area contributed by atoms with Crippen LogP contribution in [-0.2, 0) is 24.3 Å².